The highest BCUT2D eigenvalue weighted by Crippen LogP contribution is 2.25. The van der Waals surface area contributed by atoms with E-state index < -0.39 is 0 Å². The van der Waals surface area contributed by atoms with Crippen LogP contribution in [-0.2, 0) is 4.79 Å². The van der Waals surface area contributed by atoms with Gasteiger partial charge in [0.15, 0.2) is 0 Å². The third-order valence-corrected chi connectivity index (χ3v) is 6.58. The summed E-state index contributed by atoms with van der Waals surface area (Å²) >= 11 is 0. The third kappa shape index (κ3) is 3.94. The topological polar surface area (TPSA) is 64.7 Å². The second-order valence-corrected chi connectivity index (χ2v) is 8.43. The number of hydrogen-bond acceptors (Lipinski definition) is 3. The molecule has 2 N–H and O–H groups in total. The fraction of sp³-hybridized carbons (Fsp3) is 0.895. The van der Waals surface area contributed by atoms with Crippen LogP contribution in [0.3, 0.4) is 0 Å². The van der Waals surface area contributed by atoms with Crippen molar-refractivity contribution < 1.29 is 9.59 Å². The zero-order chi connectivity index (χ0) is 17.2. The third-order valence-electron chi connectivity index (χ3n) is 6.58. The van der Waals surface area contributed by atoms with Crippen molar-refractivity contribution >= 4 is 11.9 Å². The maximum absolute atomic E-state index is 13.0. The molecule has 0 spiro atoms. The number of piperidine rings is 1. The summed E-state index contributed by atoms with van der Waals surface area (Å²) in [5.74, 6) is 0.257. The second-order valence-electron chi connectivity index (χ2n) is 8.43. The molecule has 0 aromatic rings. The van der Waals surface area contributed by atoms with Gasteiger partial charge >= 0.3 is 6.03 Å². The monoisotopic (exact) mass is 348 g/mol. The number of fused-ring (bicyclic) bond motifs is 2. The van der Waals surface area contributed by atoms with Crippen LogP contribution in [0, 0.1) is 5.92 Å². The Labute approximate surface area is 150 Å². The highest BCUT2D eigenvalue weighted by molar-refractivity contribution is 5.81. The lowest BCUT2D eigenvalue weighted by Gasteiger charge is -2.36. The standard InChI is InChI=1S/C19H32N4O2/c24-18(22-11-9-16-7-8-17(13-22)20-16)14-4-3-10-23(12-14)19(25)21-15-5-1-2-6-15/h14-17,20H,1-13H2,(H,21,25). The summed E-state index contributed by atoms with van der Waals surface area (Å²) in [6.07, 6.45) is 10.0. The van der Waals surface area contributed by atoms with Crippen molar-refractivity contribution in [2.24, 2.45) is 5.92 Å². The Morgan fingerprint density at radius 1 is 0.800 bits per heavy atom. The highest BCUT2D eigenvalue weighted by atomic mass is 16.2. The minimum atomic E-state index is -0.0142. The predicted molar refractivity (Wildman–Crippen MR) is 96.2 cm³/mol. The molecule has 4 fully saturated rings. The van der Waals surface area contributed by atoms with E-state index in [1.165, 1.54) is 25.7 Å². The zero-order valence-electron chi connectivity index (χ0n) is 15.2. The largest absolute Gasteiger partial charge is 0.341 e. The first kappa shape index (κ1) is 17.1. The molecule has 2 bridgehead atoms. The minimum Gasteiger partial charge on any atom is -0.341 e. The number of carbonyl (C=O) groups excluding carboxylic acids is 2. The number of nitrogens with zero attached hydrogens (tertiary/aromatic N) is 2. The summed E-state index contributed by atoms with van der Waals surface area (Å²) in [5, 5.41) is 6.81. The van der Waals surface area contributed by atoms with Crippen LogP contribution in [0.25, 0.3) is 0 Å². The molecule has 4 rings (SSSR count). The van der Waals surface area contributed by atoms with E-state index >= 15 is 0 Å². The maximum atomic E-state index is 13.0. The summed E-state index contributed by atoms with van der Waals surface area (Å²) in [6, 6.07) is 1.46. The van der Waals surface area contributed by atoms with E-state index in [9.17, 15) is 9.59 Å². The summed E-state index contributed by atoms with van der Waals surface area (Å²) in [4.78, 5) is 29.5. The number of amides is 3. The molecule has 6 nitrogen and oxygen atoms in total. The Morgan fingerprint density at radius 3 is 2.44 bits per heavy atom. The quantitative estimate of drug-likeness (QED) is 0.798. The summed E-state index contributed by atoms with van der Waals surface area (Å²) in [5.41, 5.74) is 0. The molecule has 3 saturated heterocycles. The molecule has 0 aromatic carbocycles. The van der Waals surface area contributed by atoms with Crippen LogP contribution >= 0.6 is 0 Å². The predicted octanol–water partition coefficient (Wildman–Crippen LogP) is 1.70. The van der Waals surface area contributed by atoms with Crippen LogP contribution < -0.4 is 10.6 Å². The van der Waals surface area contributed by atoms with Gasteiger partial charge in [-0.2, -0.15) is 0 Å². The average Bonchev–Trinajstić information content (AvgIpc) is 3.24. The smallest absolute Gasteiger partial charge is 0.317 e. The van der Waals surface area contributed by atoms with Gasteiger partial charge in [-0.15, -0.1) is 0 Å². The molecule has 6 heteroatoms. The van der Waals surface area contributed by atoms with Crippen molar-refractivity contribution in [3.8, 4) is 0 Å². The van der Waals surface area contributed by atoms with Crippen LogP contribution in [0.2, 0.25) is 0 Å². The summed E-state index contributed by atoms with van der Waals surface area (Å²) in [6.45, 7) is 3.10. The minimum absolute atomic E-state index is 0.0142. The van der Waals surface area contributed by atoms with Gasteiger partial charge in [-0.05, 0) is 44.9 Å². The lowest BCUT2D eigenvalue weighted by Crippen LogP contribution is -2.52. The number of hydrogen-bond donors (Lipinski definition) is 2. The number of rotatable bonds is 2. The van der Waals surface area contributed by atoms with Crippen LogP contribution in [-0.4, -0.2) is 66.0 Å². The molecule has 3 heterocycles. The summed E-state index contributed by atoms with van der Waals surface area (Å²) < 4.78 is 0. The Bertz CT molecular complexity index is 506. The first-order valence-electron chi connectivity index (χ1n) is 10.3. The first-order chi connectivity index (χ1) is 12.2. The van der Waals surface area contributed by atoms with Crippen molar-refractivity contribution in [3.63, 3.8) is 0 Å². The van der Waals surface area contributed by atoms with Crippen LogP contribution in [0.15, 0.2) is 0 Å². The van der Waals surface area contributed by atoms with Gasteiger partial charge in [0, 0.05) is 44.3 Å². The molecule has 3 amide bonds. The van der Waals surface area contributed by atoms with E-state index in [1.807, 2.05) is 4.90 Å². The van der Waals surface area contributed by atoms with Crippen molar-refractivity contribution in [1.82, 2.24) is 20.4 Å². The molecule has 1 saturated carbocycles. The Hall–Kier alpha value is -1.30. The molecule has 3 unspecified atom stereocenters. The van der Waals surface area contributed by atoms with Gasteiger partial charge in [-0.1, -0.05) is 12.8 Å². The number of nitrogens with one attached hydrogen (secondary N) is 2. The van der Waals surface area contributed by atoms with Gasteiger partial charge in [0.05, 0.1) is 5.92 Å². The zero-order valence-corrected chi connectivity index (χ0v) is 15.2. The first-order valence-corrected chi connectivity index (χ1v) is 10.3. The van der Waals surface area contributed by atoms with Crippen LogP contribution in [0.4, 0.5) is 4.79 Å². The Balaban J connectivity index is 1.32. The number of carbonyl (C=O) groups is 2. The van der Waals surface area contributed by atoms with Crippen molar-refractivity contribution in [3.05, 3.63) is 0 Å². The van der Waals surface area contributed by atoms with Crippen molar-refractivity contribution in [1.29, 1.82) is 0 Å². The van der Waals surface area contributed by atoms with Gasteiger partial charge in [0.1, 0.15) is 0 Å². The molecular formula is C19H32N4O2. The van der Waals surface area contributed by atoms with Gasteiger partial charge in [-0.25, -0.2) is 4.79 Å². The Kier molecular flexibility index (Phi) is 5.15. The molecular weight excluding hydrogens is 316 g/mol. The van der Waals surface area contributed by atoms with E-state index in [2.05, 4.69) is 15.5 Å². The van der Waals surface area contributed by atoms with Gasteiger partial charge < -0.3 is 20.4 Å². The van der Waals surface area contributed by atoms with E-state index in [1.54, 1.807) is 0 Å². The Morgan fingerprint density at radius 2 is 1.60 bits per heavy atom. The van der Waals surface area contributed by atoms with E-state index in [0.717, 1.165) is 51.7 Å². The lowest BCUT2D eigenvalue weighted by atomic mass is 9.96. The molecule has 0 radical (unpaired) electrons. The maximum Gasteiger partial charge on any atom is 0.317 e. The molecule has 1 aliphatic carbocycles. The van der Waals surface area contributed by atoms with E-state index in [-0.39, 0.29) is 17.9 Å². The summed E-state index contributed by atoms with van der Waals surface area (Å²) in [7, 11) is 0. The van der Waals surface area contributed by atoms with Crippen LogP contribution in [0.5, 0.6) is 0 Å². The number of urea groups is 1. The molecule has 25 heavy (non-hydrogen) atoms. The molecule has 140 valence electrons. The van der Waals surface area contributed by atoms with Crippen molar-refractivity contribution in [2.45, 2.75) is 75.9 Å². The van der Waals surface area contributed by atoms with E-state index in [0.29, 0.717) is 24.7 Å². The SMILES string of the molecule is O=C(NC1CCCC1)N1CCCC(C(=O)N2CCC3CCC(C2)N3)C1. The molecule has 4 aliphatic rings. The normalized spacial score (nSPS) is 33.4. The van der Waals surface area contributed by atoms with Crippen LogP contribution in [0.1, 0.15) is 57.8 Å². The van der Waals surface area contributed by atoms with E-state index in [4.69, 9.17) is 0 Å². The average molecular weight is 348 g/mol. The van der Waals surface area contributed by atoms with Gasteiger partial charge in [-0.3, -0.25) is 4.79 Å². The van der Waals surface area contributed by atoms with Gasteiger partial charge in [0.2, 0.25) is 5.91 Å². The molecule has 3 aliphatic heterocycles. The van der Waals surface area contributed by atoms with Crippen molar-refractivity contribution in [2.75, 3.05) is 26.2 Å². The van der Waals surface area contributed by atoms with Gasteiger partial charge in [0.25, 0.3) is 0 Å². The lowest BCUT2D eigenvalue weighted by molar-refractivity contribution is -0.137. The fourth-order valence-electron chi connectivity index (χ4n) is 5.10. The second kappa shape index (κ2) is 7.52. The number of likely N-dealkylation sites (tertiary alicyclic amines) is 2. The fourth-order valence-corrected chi connectivity index (χ4v) is 5.10. The molecule has 3 atom stereocenters. The molecule has 0 aromatic heterocycles. The highest BCUT2D eigenvalue weighted by Gasteiger charge is 2.36.